The number of halogens is 1. The summed E-state index contributed by atoms with van der Waals surface area (Å²) >= 11 is 6.40. The first-order chi connectivity index (χ1) is 17.1. The number of hydrogen-bond acceptors (Lipinski definition) is 9. The van der Waals surface area contributed by atoms with Crippen LogP contribution in [0.3, 0.4) is 0 Å². The maximum absolute atomic E-state index is 12.3. The molecule has 196 valence electrons. The number of aliphatic hydroxyl groups excluding tert-OH is 4. The molecule has 2 aromatic rings. The highest BCUT2D eigenvalue weighted by molar-refractivity contribution is 6.31. The number of hydrogen-bond donors (Lipinski definition) is 5. The highest BCUT2D eigenvalue weighted by Crippen LogP contribution is 2.38. The molecule has 0 aromatic heterocycles. The summed E-state index contributed by atoms with van der Waals surface area (Å²) in [5.74, 6) is -2.20. The lowest BCUT2D eigenvalue weighted by molar-refractivity contribution is -0.357. The van der Waals surface area contributed by atoms with E-state index in [-0.39, 0.29) is 11.5 Å². The van der Waals surface area contributed by atoms with E-state index in [1.807, 2.05) is 12.1 Å². The zero-order valence-corrected chi connectivity index (χ0v) is 20.6. The molecule has 5 atom stereocenters. The zero-order chi connectivity index (χ0) is 26.1. The van der Waals surface area contributed by atoms with Gasteiger partial charge in [-0.3, -0.25) is 0 Å². The first kappa shape index (κ1) is 26.8. The fourth-order valence-corrected chi connectivity index (χ4v) is 5.11. The van der Waals surface area contributed by atoms with Gasteiger partial charge in [-0.15, -0.1) is 0 Å². The highest BCUT2D eigenvalue weighted by atomic mass is 35.5. The van der Waals surface area contributed by atoms with Crippen LogP contribution in [0, 0.1) is 0 Å². The van der Waals surface area contributed by atoms with Crippen LogP contribution in [0.15, 0.2) is 42.5 Å². The third-order valence-corrected chi connectivity index (χ3v) is 7.39. The van der Waals surface area contributed by atoms with Crippen molar-refractivity contribution in [2.24, 2.45) is 0 Å². The summed E-state index contributed by atoms with van der Waals surface area (Å²) in [6.07, 6.45) is -3.13. The van der Waals surface area contributed by atoms with Gasteiger partial charge in [-0.05, 0) is 67.5 Å². The van der Waals surface area contributed by atoms with E-state index in [9.17, 15) is 30.3 Å². The van der Waals surface area contributed by atoms with E-state index in [0.717, 1.165) is 18.4 Å². The van der Waals surface area contributed by atoms with E-state index in [0.29, 0.717) is 35.6 Å². The number of carbonyl (C=O) groups excluding carboxylic acids is 1. The lowest BCUT2D eigenvalue weighted by Gasteiger charge is -2.45. The number of methoxy groups -OCH3 is 1. The second-order valence-electron chi connectivity index (χ2n) is 9.38. The normalized spacial score (nSPS) is 29.6. The molecule has 5 N–H and O–H groups in total. The molecular weight excluding hydrogens is 492 g/mol. The standard InChI is InChI=1S/C26H31ClO9/c1-34-24(32)25(10-2-3-11-25)35-18-7-4-15(5-8-18)12-16-13-17(6-9-19(16)27)26(33)23(31)22(30)21(29)20(14-28)36-26/h4-9,13,20-23,28-31,33H,2-3,10-12,14H2,1H3/t20-,21-,22+,23-,26+/m1/s1. The first-order valence-corrected chi connectivity index (χ1v) is 12.2. The molecule has 2 aromatic carbocycles. The van der Waals surface area contributed by atoms with E-state index >= 15 is 0 Å². The van der Waals surface area contributed by atoms with Gasteiger partial charge in [-0.2, -0.15) is 0 Å². The second-order valence-corrected chi connectivity index (χ2v) is 9.79. The smallest absolute Gasteiger partial charge is 0.350 e. The molecule has 0 bridgehead atoms. The Labute approximate surface area is 213 Å². The SMILES string of the molecule is COC(=O)C1(Oc2ccc(Cc3cc([C@]4(O)O[C@H](CO)[C@@H](O)[C@H](O)[C@H]4O)ccc3Cl)cc2)CCCC1. The topological polar surface area (TPSA) is 146 Å². The Kier molecular flexibility index (Phi) is 7.92. The molecule has 2 aliphatic rings. The fraction of sp³-hybridized carbons (Fsp3) is 0.500. The second kappa shape index (κ2) is 10.6. The molecule has 1 aliphatic carbocycles. The largest absolute Gasteiger partial charge is 0.476 e. The lowest BCUT2D eigenvalue weighted by Crippen LogP contribution is -2.63. The maximum atomic E-state index is 12.3. The van der Waals surface area contributed by atoms with E-state index < -0.39 is 42.4 Å². The zero-order valence-electron chi connectivity index (χ0n) is 19.8. The molecule has 2 fully saturated rings. The van der Waals surface area contributed by atoms with Crippen LogP contribution in [-0.4, -0.2) is 75.2 Å². The average molecular weight is 523 g/mol. The Morgan fingerprint density at radius 2 is 1.75 bits per heavy atom. The van der Waals surface area contributed by atoms with Crippen molar-refractivity contribution in [3.63, 3.8) is 0 Å². The Hall–Kier alpha value is -2.24. The number of rotatable bonds is 7. The van der Waals surface area contributed by atoms with Gasteiger partial charge in [0.15, 0.2) is 0 Å². The van der Waals surface area contributed by atoms with Crippen LogP contribution >= 0.6 is 11.6 Å². The molecule has 1 saturated carbocycles. The fourth-order valence-electron chi connectivity index (χ4n) is 4.93. The van der Waals surface area contributed by atoms with E-state index in [1.54, 1.807) is 18.2 Å². The van der Waals surface area contributed by atoms with Gasteiger partial charge < -0.3 is 39.7 Å². The molecule has 0 amide bonds. The molecule has 4 rings (SSSR count). The van der Waals surface area contributed by atoms with Gasteiger partial charge in [0.2, 0.25) is 11.4 Å². The predicted octanol–water partition coefficient (Wildman–Crippen LogP) is 1.41. The molecule has 36 heavy (non-hydrogen) atoms. The average Bonchev–Trinajstić information content (AvgIpc) is 3.36. The summed E-state index contributed by atoms with van der Waals surface area (Å²) < 4.78 is 16.4. The van der Waals surface area contributed by atoms with Crippen molar-refractivity contribution < 1.29 is 44.5 Å². The summed E-state index contributed by atoms with van der Waals surface area (Å²) in [6, 6.07) is 11.7. The van der Waals surface area contributed by atoms with Crippen LogP contribution in [0.1, 0.15) is 42.4 Å². The summed E-state index contributed by atoms with van der Waals surface area (Å²) in [4.78, 5) is 12.3. The minimum absolute atomic E-state index is 0.111. The van der Waals surface area contributed by atoms with Crippen molar-refractivity contribution in [3.8, 4) is 5.75 Å². The van der Waals surface area contributed by atoms with Crippen molar-refractivity contribution in [2.45, 2.75) is 67.9 Å². The number of benzene rings is 2. The van der Waals surface area contributed by atoms with E-state index in [4.69, 9.17) is 25.8 Å². The maximum Gasteiger partial charge on any atom is 0.350 e. The van der Waals surface area contributed by atoms with Gasteiger partial charge in [0.05, 0.1) is 13.7 Å². The van der Waals surface area contributed by atoms with E-state index in [1.165, 1.54) is 19.2 Å². The van der Waals surface area contributed by atoms with E-state index in [2.05, 4.69) is 0 Å². The van der Waals surface area contributed by atoms with Gasteiger partial charge in [0.25, 0.3) is 0 Å². The summed E-state index contributed by atoms with van der Waals surface area (Å²) in [7, 11) is 1.35. The number of ether oxygens (including phenoxy) is 3. The first-order valence-electron chi connectivity index (χ1n) is 11.8. The number of esters is 1. The van der Waals surface area contributed by atoms with Crippen molar-refractivity contribution >= 4 is 17.6 Å². The molecule has 0 unspecified atom stereocenters. The highest BCUT2D eigenvalue weighted by Gasteiger charge is 2.53. The summed E-state index contributed by atoms with van der Waals surface area (Å²) in [5, 5.41) is 51.6. The van der Waals surface area contributed by atoms with Crippen molar-refractivity contribution in [1.82, 2.24) is 0 Å². The molecule has 1 aliphatic heterocycles. The Bertz CT molecular complexity index is 1070. The summed E-state index contributed by atoms with van der Waals surface area (Å²) in [5.41, 5.74) is 0.616. The molecule has 0 radical (unpaired) electrons. The quantitative estimate of drug-likeness (QED) is 0.341. The van der Waals surface area contributed by atoms with Crippen LogP contribution in [0.5, 0.6) is 5.75 Å². The van der Waals surface area contributed by atoms with Crippen molar-refractivity contribution in [3.05, 3.63) is 64.2 Å². The third kappa shape index (κ3) is 4.97. The minimum atomic E-state index is -2.37. The Balaban J connectivity index is 1.54. The molecular formula is C26H31ClO9. The Morgan fingerprint density at radius 1 is 1.08 bits per heavy atom. The molecule has 1 saturated heterocycles. The summed E-state index contributed by atoms with van der Waals surface area (Å²) in [6.45, 7) is -0.667. The molecule has 10 heteroatoms. The molecule has 0 spiro atoms. The van der Waals surface area contributed by atoms with Crippen LogP contribution < -0.4 is 4.74 Å². The van der Waals surface area contributed by atoms with Crippen LogP contribution in [0.25, 0.3) is 0 Å². The van der Waals surface area contributed by atoms with Gasteiger partial charge in [-0.1, -0.05) is 29.8 Å². The Morgan fingerprint density at radius 3 is 2.36 bits per heavy atom. The van der Waals surface area contributed by atoms with Crippen LogP contribution in [-0.2, 0) is 26.5 Å². The van der Waals surface area contributed by atoms with Crippen LogP contribution in [0.4, 0.5) is 0 Å². The predicted molar refractivity (Wildman–Crippen MR) is 128 cm³/mol. The lowest BCUT2D eigenvalue weighted by atomic mass is 9.87. The van der Waals surface area contributed by atoms with Gasteiger partial charge in [0, 0.05) is 10.6 Å². The van der Waals surface area contributed by atoms with Crippen LogP contribution in [0.2, 0.25) is 5.02 Å². The van der Waals surface area contributed by atoms with Gasteiger partial charge in [-0.25, -0.2) is 4.79 Å². The monoisotopic (exact) mass is 522 g/mol. The number of aliphatic hydroxyl groups is 5. The van der Waals surface area contributed by atoms with Gasteiger partial charge >= 0.3 is 5.97 Å². The number of carbonyl (C=O) groups is 1. The minimum Gasteiger partial charge on any atom is -0.476 e. The third-order valence-electron chi connectivity index (χ3n) is 7.03. The van der Waals surface area contributed by atoms with Crippen molar-refractivity contribution in [2.75, 3.05) is 13.7 Å². The molecule has 9 nitrogen and oxygen atoms in total. The van der Waals surface area contributed by atoms with Crippen molar-refractivity contribution in [1.29, 1.82) is 0 Å². The molecule has 1 heterocycles. The van der Waals surface area contributed by atoms with Gasteiger partial charge in [0.1, 0.15) is 30.2 Å².